The highest BCUT2D eigenvalue weighted by atomic mass is 79.9. The predicted octanol–water partition coefficient (Wildman–Crippen LogP) is 1.31. The zero-order valence-electron chi connectivity index (χ0n) is 5.43. The topological polar surface area (TPSA) is 32.9 Å². The number of pyridine rings is 1. The Labute approximate surface area is 67.4 Å². The fraction of sp³-hybridized carbons (Fsp3) is 0.286. The maximum Gasteiger partial charge on any atom is 0.248 e. The van der Waals surface area contributed by atoms with Crippen LogP contribution in [0.3, 0.4) is 0 Å². The molecule has 0 aliphatic carbocycles. The van der Waals surface area contributed by atoms with Gasteiger partial charge in [0.25, 0.3) is 0 Å². The summed E-state index contributed by atoms with van der Waals surface area (Å²) < 4.78 is 0. The monoisotopic (exact) mass is 201 g/mol. The Morgan fingerprint density at radius 3 is 3.00 bits per heavy atom. The van der Waals surface area contributed by atoms with E-state index in [0.29, 0.717) is 0 Å². The van der Waals surface area contributed by atoms with Crippen LogP contribution in [0.25, 0.3) is 0 Å². The molecule has 0 atom stereocenters. The first-order valence-electron chi connectivity index (χ1n) is 3.06. The van der Waals surface area contributed by atoms with E-state index >= 15 is 0 Å². The van der Waals surface area contributed by atoms with Crippen molar-refractivity contribution < 1.29 is 0 Å². The van der Waals surface area contributed by atoms with Gasteiger partial charge in [0.1, 0.15) is 0 Å². The minimum Gasteiger partial charge on any atom is -0.329 e. The Morgan fingerprint density at radius 1 is 1.60 bits per heavy atom. The van der Waals surface area contributed by atoms with Gasteiger partial charge in [0.2, 0.25) is 5.56 Å². The standard InChI is InChI=1S/C7H8BrNO/c8-3-1-6-2-4-9-7(10)5-6/h2,4-5H,1,3H2,(H,9,10). The molecule has 1 aromatic rings. The molecule has 1 N–H and O–H groups in total. The van der Waals surface area contributed by atoms with Gasteiger partial charge in [-0.25, -0.2) is 0 Å². The number of aromatic amines is 1. The molecule has 54 valence electrons. The van der Waals surface area contributed by atoms with Crippen LogP contribution in [0, 0.1) is 0 Å². The second kappa shape index (κ2) is 3.56. The first kappa shape index (κ1) is 7.54. The van der Waals surface area contributed by atoms with Gasteiger partial charge in [-0.05, 0) is 18.1 Å². The molecule has 1 rings (SSSR count). The van der Waals surface area contributed by atoms with Crippen LogP contribution in [-0.2, 0) is 6.42 Å². The van der Waals surface area contributed by atoms with Crippen molar-refractivity contribution in [3.8, 4) is 0 Å². The molecular weight excluding hydrogens is 194 g/mol. The molecule has 0 saturated carbocycles. The Balaban J connectivity index is 2.85. The highest BCUT2D eigenvalue weighted by Crippen LogP contribution is 1.96. The molecule has 2 nitrogen and oxygen atoms in total. The molecule has 0 aliphatic heterocycles. The van der Waals surface area contributed by atoms with Crippen LogP contribution in [0.1, 0.15) is 5.56 Å². The zero-order valence-corrected chi connectivity index (χ0v) is 7.02. The summed E-state index contributed by atoms with van der Waals surface area (Å²) in [6, 6.07) is 3.52. The number of H-pyrrole nitrogens is 1. The lowest BCUT2D eigenvalue weighted by atomic mass is 10.2. The van der Waals surface area contributed by atoms with Gasteiger partial charge in [-0.15, -0.1) is 0 Å². The van der Waals surface area contributed by atoms with Gasteiger partial charge in [-0.3, -0.25) is 4.79 Å². The van der Waals surface area contributed by atoms with E-state index in [-0.39, 0.29) is 5.56 Å². The van der Waals surface area contributed by atoms with Crippen molar-refractivity contribution in [1.82, 2.24) is 4.98 Å². The quantitative estimate of drug-likeness (QED) is 0.720. The van der Waals surface area contributed by atoms with Gasteiger partial charge in [-0.1, -0.05) is 15.9 Å². The highest BCUT2D eigenvalue weighted by Gasteiger charge is 1.89. The van der Waals surface area contributed by atoms with Crippen molar-refractivity contribution in [3.63, 3.8) is 0 Å². The smallest absolute Gasteiger partial charge is 0.248 e. The lowest BCUT2D eigenvalue weighted by molar-refractivity contribution is 1.11. The first-order valence-corrected chi connectivity index (χ1v) is 4.18. The lowest BCUT2D eigenvalue weighted by Crippen LogP contribution is -2.04. The third kappa shape index (κ3) is 1.99. The molecule has 0 bridgehead atoms. The molecule has 0 aliphatic rings. The molecule has 0 aromatic carbocycles. The predicted molar refractivity (Wildman–Crippen MR) is 44.6 cm³/mol. The van der Waals surface area contributed by atoms with Gasteiger partial charge in [0.15, 0.2) is 0 Å². The summed E-state index contributed by atoms with van der Waals surface area (Å²) in [6.07, 6.45) is 2.57. The molecule has 1 aromatic heterocycles. The maximum atomic E-state index is 10.7. The van der Waals surface area contributed by atoms with Crippen molar-refractivity contribution in [1.29, 1.82) is 0 Å². The second-order valence-electron chi connectivity index (χ2n) is 2.00. The number of alkyl halides is 1. The largest absolute Gasteiger partial charge is 0.329 e. The molecule has 0 saturated heterocycles. The van der Waals surface area contributed by atoms with E-state index < -0.39 is 0 Å². The third-order valence-electron chi connectivity index (χ3n) is 1.22. The molecule has 0 unspecified atom stereocenters. The average molecular weight is 202 g/mol. The first-order chi connectivity index (χ1) is 4.83. The summed E-state index contributed by atoms with van der Waals surface area (Å²) in [6.45, 7) is 0. The van der Waals surface area contributed by atoms with Crippen molar-refractivity contribution in [2.75, 3.05) is 5.33 Å². The summed E-state index contributed by atoms with van der Waals surface area (Å²) in [5.41, 5.74) is 1.04. The SMILES string of the molecule is O=c1cc(CCBr)cc[nH]1. The molecule has 3 heteroatoms. The van der Waals surface area contributed by atoms with Gasteiger partial charge in [0.05, 0.1) is 0 Å². The Bertz CT molecular complexity index is 256. The fourth-order valence-electron chi connectivity index (χ4n) is 0.754. The summed E-state index contributed by atoms with van der Waals surface area (Å²) >= 11 is 3.30. The number of rotatable bonds is 2. The van der Waals surface area contributed by atoms with Crippen molar-refractivity contribution in [2.45, 2.75) is 6.42 Å². The van der Waals surface area contributed by atoms with Crippen LogP contribution < -0.4 is 5.56 Å². The molecular formula is C7H8BrNO. The Morgan fingerprint density at radius 2 is 2.40 bits per heavy atom. The van der Waals surface area contributed by atoms with Gasteiger partial charge in [-0.2, -0.15) is 0 Å². The Hall–Kier alpha value is -0.570. The second-order valence-corrected chi connectivity index (χ2v) is 2.79. The molecule has 1 heterocycles. The van der Waals surface area contributed by atoms with E-state index in [4.69, 9.17) is 0 Å². The molecule has 0 spiro atoms. The number of halogens is 1. The fourth-order valence-corrected chi connectivity index (χ4v) is 1.21. The van der Waals surface area contributed by atoms with Gasteiger partial charge < -0.3 is 4.98 Å². The Kier molecular flexibility index (Phi) is 2.68. The number of nitrogens with one attached hydrogen (secondary N) is 1. The van der Waals surface area contributed by atoms with Crippen LogP contribution in [-0.4, -0.2) is 10.3 Å². The summed E-state index contributed by atoms with van der Waals surface area (Å²) in [7, 11) is 0. The molecule has 10 heavy (non-hydrogen) atoms. The van der Waals surface area contributed by atoms with E-state index in [9.17, 15) is 4.79 Å². The number of aromatic nitrogens is 1. The number of hydrogen-bond acceptors (Lipinski definition) is 1. The molecule has 0 fully saturated rings. The number of aryl methyl sites for hydroxylation is 1. The van der Waals surface area contributed by atoms with E-state index in [1.807, 2.05) is 6.07 Å². The van der Waals surface area contributed by atoms with E-state index in [1.165, 1.54) is 0 Å². The van der Waals surface area contributed by atoms with Crippen LogP contribution in [0.4, 0.5) is 0 Å². The van der Waals surface area contributed by atoms with E-state index in [2.05, 4.69) is 20.9 Å². The lowest BCUT2D eigenvalue weighted by Gasteiger charge is -1.92. The highest BCUT2D eigenvalue weighted by molar-refractivity contribution is 9.09. The average Bonchev–Trinajstić information content (AvgIpc) is 1.88. The van der Waals surface area contributed by atoms with Crippen LogP contribution in [0.2, 0.25) is 0 Å². The summed E-state index contributed by atoms with van der Waals surface area (Å²) in [5, 5.41) is 0.899. The van der Waals surface area contributed by atoms with E-state index in [1.54, 1.807) is 12.3 Å². The third-order valence-corrected chi connectivity index (χ3v) is 1.62. The van der Waals surface area contributed by atoms with Crippen molar-refractivity contribution in [2.24, 2.45) is 0 Å². The summed E-state index contributed by atoms with van der Waals surface area (Å²) in [4.78, 5) is 13.3. The summed E-state index contributed by atoms with van der Waals surface area (Å²) in [5.74, 6) is 0. The molecule has 0 amide bonds. The van der Waals surface area contributed by atoms with Crippen LogP contribution in [0.5, 0.6) is 0 Å². The van der Waals surface area contributed by atoms with Crippen LogP contribution >= 0.6 is 15.9 Å². The van der Waals surface area contributed by atoms with Gasteiger partial charge >= 0.3 is 0 Å². The normalized spacial score (nSPS) is 9.70. The zero-order chi connectivity index (χ0) is 7.40. The van der Waals surface area contributed by atoms with Crippen molar-refractivity contribution >= 4 is 15.9 Å². The van der Waals surface area contributed by atoms with Gasteiger partial charge in [0, 0.05) is 17.6 Å². The van der Waals surface area contributed by atoms with Crippen molar-refractivity contribution in [3.05, 3.63) is 34.2 Å². The minimum atomic E-state index is -0.0292. The van der Waals surface area contributed by atoms with Crippen LogP contribution in [0.15, 0.2) is 23.1 Å². The number of hydrogen-bond donors (Lipinski definition) is 1. The molecule has 0 radical (unpaired) electrons. The van der Waals surface area contributed by atoms with E-state index in [0.717, 1.165) is 17.3 Å². The maximum absolute atomic E-state index is 10.7. The minimum absolute atomic E-state index is 0.0292.